The summed E-state index contributed by atoms with van der Waals surface area (Å²) in [5, 5.41) is 10.0. The first kappa shape index (κ1) is 12.1. The van der Waals surface area contributed by atoms with Crippen LogP contribution in [0.25, 0.3) is 11.1 Å². The van der Waals surface area contributed by atoms with Crippen molar-refractivity contribution in [2.45, 2.75) is 0 Å². The lowest BCUT2D eigenvalue weighted by molar-refractivity contribution is 0.0597. The number of benzene rings is 2. The van der Waals surface area contributed by atoms with Crippen LogP contribution in [0.3, 0.4) is 0 Å². The third-order valence-corrected chi connectivity index (χ3v) is 2.60. The zero-order chi connectivity index (χ0) is 13.1. The number of rotatable bonds is 2. The minimum Gasteiger partial charge on any atom is -0.506 e. The van der Waals surface area contributed by atoms with Gasteiger partial charge in [-0.25, -0.2) is 9.18 Å². The van der Waals surface area contributed by atoms with E-state index in [0.29, 0.717) is 11.1 Å². The Hall–Kier alpha value is -2.36. The van der Waals surface area contributed by atoms with Crippen LogP contribution < -0.4 is 0 Å². The second-order valence-corrected chi connectivity index (χ2v) is 3.70. The SMILES string of the molecule is COC(=O)c1cccc(-c2ccc(F)cc2)c1O. The van der Waals surface area contributed by atoms with Crippen molar-refractivity contribution in [1.29, 1.82) is 0 Å². The summed E-state index contributed by atoms with van der Waals surface area (Å²) in [7, 11) is 1.24. The second kappa shape index (κ2) is 4.87. The normalized spacial score (nSPS) is 10.1. The number of carbonyl (C=O) groups excluding carboxylic acids is 1. The number of esters is 1. The van der Waals surface area contributed by atoms with Gasteiger partial charge in [0.25, 0.3) is 0 Å². The quantitative estimate of drug-likeness (QED) is 0.828. The van der Waals surface area contributed by atoms with Crippen LogP contribution in [-0.2, 0) is 4.74 Å². The van der Waals surface area contributed by atoms with Crippen LogP contribution in [0, 0.1) is 5.82 Å². The van der Waals surface area contributed by atoms with E-state index in [1.54, 1.807) is 12.1 Å². The summed E-state index contributed by atoms with van der Waals surface area (Å²) < 4.78 is 17.4. The molecular weight excluding hydrogens is 235 g/mol. The molecule has 0 aliphatic carbocycles. The van der Waals surface area contributed by atoms with E-state index in [1.807, 2.05) is 0 Å². The maximum absolute atomic E-state index is 12.8. The summed E-state index contributed by atoms with van der Waals surface area (Å²) in [6.45, 7) is 0. The fourth-order valence-corrected chi connectivity index (χ4v) is 1.68. The largest absolute Gasteiger partial charge is 0.506 e. The number of halogens is 1. The first-order valence-electron chi connectivity index (χ1n) is 5.29. The van der Waals surface area contributed by atoms with E-state index in [4.69, 9.17) is 0 Å². The first-order valence-corrected chi connectivity index (χ1v) is 5.29. The van der Waals surface area contributed by atoms with Gasteiger partial charge in [0.05, 0.1) is 7.11 Å². The Kier molecular flexibility index (Phi) is 3.28. The van der Waals surface area contributed by atoms with Crippen molar-refractivity contribution >= 4 is 5.97 Å². The minimum absolute atomic E-state index is 0.0827. The fourth-order valence-electron chi connectivity index (χ4n) is 1.68. The summed E-state index contributed by atoms with van der Waals surface area (Å²) in [6, 6.07) is 10.4. The summed E-state index contributed by atoms with van der Waals surface area (Å²) in [5.41, 5.74) is 1.16. The number of hydrogen-bond donors (Lipinski definition) is 1. The molecule has 4 heteroatoms. The number of phenolic OH excluding ortho intramolecular Hbond substituents is 1. The molecule has 0 atom stereocenters. The third-order valence-electron chi connectivity index (χ3n) is 2.60. The third kappa shape index (κ3) is 2.18. The average Bonchev–Trinajstić information content (AvgIpc) is 2.39. The van der Waals surface area contributed by atoms with Gasteiger partial charge < -0.3 is 9.84 Å². The van der Waals surface area contributed by atoms with E-state index in [1.165, 1.54) is 37.4 Å². The molecule has 2 aromatic carbocycles. The summed E-state index contributed by atoms with van der Waals surface area (Å²) in [5.74, 6) is -1.14. The van der Waals surface area contributed by atoms with E-state index in [0.717, 1.165) is 0 Å². The first-order chi connectivity index (χ1) is 8.63. The van der Waals surface area contributed by atoms with E-state index in [9.17, 15) is 14.3 Å². The predicted molar refractivity (Wildman–Crippen MR) is 64.8 cm³/mol. The lowest BCUT2D eigenvalue weighted by atomic mass is 10.0. The second-order valence-electron chi connectivity index (χ2n) is 3.70. The maximum atomic E-state index is 12.8. The molecule has 0 aromatic heterocycles. The van der Waals surface area contributed by atoms with Gasteiger partial charge in [-0.15, -0.1) is 0 Å². The minimum atomic E-state index is -0.614. The van der Waals surface area contributed by atoms with Gasteiger partial charge in [-0.3, -0.25) is 0 Å². The Morgan fingerprint density at radius 1 is 1.17 bits per heavy atom. The van der Waals surface area contributed by atoms with Gasteiger partial charge in [0.1, 0.15) is 17.1 Å². The van der Waals surface area contributed by atoms with Crippen LogP contribution in [0.1, 0.15) is 10.4 Å². The van der Waals surface area contributed by atoms with Gasteiger partial charge in [-0.2, -0.15) is 0 Å². The van der Waals surface area contributed by atoms with Crippen molar-refractivity contribution in [3.63, 3.8) is 0 Å². The van der Waals surface area contributed by atoms with E-state index < -0.39 is 5.97 Å². The molecule has 0 bridgehead atoms. The molecule has 0 unspecified atom stereocenters. The van der Waals surface area contributed by atoms with Gasteiger partial charge in [-0.05, 0) is 23.8 Å². The lowest BCUT2D eigenvalue weighted by Gasteiger charge is -2.08. The zero-order valence-corrected chi connectivity index (χ0v) is 9.68. The molecule has 0 radical (unpaired) electrons. The highest BCUT2D eigenvalue weighted by atomic mass is 19.1. The van der Waals surface area contributed by atoms with Gasteiger partial charge in [0.15, 0.2) is 0 Å². The Labute approximate surface area is 103 Å². The number of aromatic hydroxyl groups is 1. The highest BCUT2D eigenvalue weighted by Gasteiger charge is 2.15. The zero-order valence-electron chi connectivity index (χ0n) is 9.68. The average molecular weight is 246 g/mol. The molecule has 18 heavy (non-hydrogen) atoms. The lowest BCUT2D eigenvalue weighted by Crippen LogP contribution is -2.01. The molecule has 0 saturated heterocycles. The number of para-hydroxylation sites is 1. The van der Waals surface area contributed by atoms with Crippen molar-refractivity contribution in [2.24, 2.45) is 0 Å². The fraction of sp³-hybridized carbons (Fsp3) is 0.0714. The molecule has 0 heterocycles. The smallest absolute Gasteiger partial charge is 0.341 e. The van der Waals surface area contributed by atoms with Crippen molar-refractivity contribution in [1.82, 2.24) is 0 Å². The van der Waals surface area contributed by atoms with Crippen molar-refractivity contribution < 1.29 is 19.0 Å². The molecule has 1 N–H and O–H groups in total. The molecule has 2 rings (SSSR count). The Bertz CT molecular complexity index is 576. The Morgan fingerprint density at radius 3 is 2.44 bits per heavy atom. The number of phenols is 1. The highest BCUT2D eigenvalue weighted by molar-refractivity contribution is 5.95. The summed E-state index contributed by atoms with van der Waals surface area (Å²) in [6.07, 6.45) is 0. The van der Waals surface area contributed by atoms with Crippen LogP contribution in [0.2, 0.25) is 0 Å². The van der Waals surface area contributed by atoms with Crippen LogP contribution in [0.5, 0.6) is 5.75 Å². The van der Waals surface area contributed by atoms with Crippen molar-refractivity contribution in [2.75, 3.05) is 7.11 Å². The molecule has 0 amide bonds. The monoisotopic (exact) mass is 246 g/mol. The predicted octanol–water partition coefficient (Wildman–Crippen LogP) is 2.98. The Morgan fingerprint density at radius 2 is 1.83 bits per heavy atom. The van der Waals surface area contributed by atoms with Gasteiger partial charge >= 0.3 is 5.97 Å². The molecule has 3 nitrogen and oxygen atoms in total. The van der Waals surface area contributed by atoms with Crippen LogP contribution in [-0.4, -0.2) is 18.2 Å². The number of methoxy groups -OCH3 is 1. The molecule has 0 aliphatic heterocycles. The molecule has 92 valence electrons. The van der Waals surface area contributed by atoms with Crippen LogP contribution in [0.15, 0.2) is 42.5 Å². The van der Waals surface area contributed by atoms with E-state index in [-0.39, 0.29) is 17.1 Å². The summed E-state index contributed by atoms with van der Waals surface area (Å²) >= 11 is 0. The topological polar surface area (TPSA) is 46.5 Å². The maximum Gasteiger partial charge on any atom is 0.341 e. The van der Waals surface area contributed by atoms with Crippen molar-refractivity contribution in [3.8, 4) is 16.9 Å². The molecule has 2 aromatic rings. The Balaban J connectivity index is 2.52. The molecule has 0 spiro atoms. The van der Waals surface area contributed by atoms with Gasteiger partial charge in [-0.1, -0.05) is 24.3 Å². The molecule has 0 saturated carbocycles. The number of carbonyl (C=O) groups is 1. The van der Waals surface area contributed by atoms with Gasteiger partial charge in [0.2, 0.25) is 0 Å². The molecule has 0 aliphatic rings. The van der Waals surface area contributed by atoms with Crippen LogP contribution in [0.4, 0.5) is 4.39 Å². The van der Waals surface area contributed by atoms with E-state index in [2.05, 4.69) is 4.74 Å². The van der Waals surface area contributed by atoms with E-state index >= 15 is 0 Å². The molecular formula is C14H11FO3. The van der Waals surface area contributed by atoms with Gasteiger partial charge in [0, 0.05) is 5.56 Å². The standard InChI is InChI=1S/C14H11FO3/c1-18-14(17)12-4-2-3-11(13(12)16)9-5-7-10(15)8-6-9/h2-8,16H,1H3. The molecule has 0 fully saturated rings. The summed E-state index contributed by atoms with van der Waals surface area (Å²) in [4.78, 5) is 11.4. The number of hydrogen-bond acceptors (Lipinski definition) is 3. The number of ether oxygens (including phenoxy) is 1. The van der Waals surface area contributed by atoms with Crippen molar-refractivity contribution in [3.05, 3.63) is 53.8 Å². The van der Waals surface area contributed by atoms with Crippen LogP contribution >= 0.6 is 0 Å². The highest BCUT2D eigenvalue weighted by Crippen LogP contribution is 2.32.